The zero-order valence-electron chi connectivity index (χ0n) is 15.5. The van der Waals surface area contributed by atoms with Gasteiger partial charge in [0.2, 0.25) is 5.91 Å². The fourth-order valence-corrected chi connectivity index (χ4v) is 3.18. The van der Waals surface area contributed by atoms with Gasteiger partial charge in [0.25, 0.3) is 5.91 Å². The first-order chi connectivity index (χ1) is 12.3. The number of nitrogens with zero attached hydrogens (tertiary/aromatic N) is 1. The summed E-state index contributed by atoms with van der Waals surface area (Å²) in [4.78, 5) is 38.2. The number of hydrogen-bond acceptors (Lipinski definition) is 3. The first-order valence-electron chi connectivity index (χ1n) is 8.97. The molecule has 26 heavy (non-hydrogen) atoms. The highest BCUT2D eigenvalue weighted by molar-refractivity contribution is 6.30. The van der Waals surface area contributed by atoms with Crippen molar-refractivity contribution in [3.05, 3.63) is 34.9 Å². The second-order valence-electron chi connectivity index (χ2n) is 6.92. The van der Waals surface area contributed by atoms with Crippen LogP contribution in [0.2, 0.25) is 5.02 Å². The fraction of sp³-hybridized carbons (Fsp3) is 0.526. The minimum Gasteiger partial charge on any atom is -0.352 e. The number of hydrogen-bond donors (Lipinski definition) is 2. The van der Waals surface area contributed by atoms with Gasteiger partial charge in [-0.2, -0.15) is 0 Å². The standard InChI is InChI=1S/C19H26ClN3O3/c1-4-5-6-7-13(2)21-16(24)12-23-17(25)19(3,22-18(23)26)14-8-10-15(20)11-9-14/h8-11,13H,4-7,12H2,1-3H3,(H,21,24)(H,22,26). The predicted octanol–water partition coefficient (Wildman–Crippen LogP) is 3.19. The number of rotatable bonds is 8. The Hall–Kier alpha value is -2.08. The van der Waals surface area contributed by atoms with Crippen LogP contribution < -0.4 is 10.6 Å². The predicted molar refractivity (Wildman–Crippen MR) is 101 cm³/mol. The summed E-state index contributed by atoms with van der Waals surface area (Å²) in [6.45, 7) is 5.39. The van der Waals surface area contributed by atoms with Crippen LogP contribution >= 0.6 is 11.6 Å². The molecule has 4 amide bonds. The first-order valence-corrected chi connectivity index (χ1v) is 9.35. The van der Waals surface area contributed by atoms with Gasteiger partial charge in [0.1, 0.15) is 12.1 Å². The molecule has 0 aliphatic carbocycles. The van der Waals surface area contributed by atoms with Crippen molar-refractivity contribution in [3.8, 4) is 0 Å². The van der Waals surface area contributed by atoms with Gasteiger partial charge in [-0.1, -0.05) is 49.9 Å². The largest absolute Gasteiger partial charge is 0.352 e. The van der Waals surface area contributed by atoms with E-state index in [0.717, 1.165) is 30.6 Å². The minimum atomic E-state index is -1.20. The van der Waals surface area contributed by atoms with E-state index in [2.05, 4.69) is 17.6 Å². The third-order valence-electron chi connectivity index (χ3n) is 4.65. The van der Waals surface area contributed by atoms with E-state index in [0.29, 0.717) is 10.6 Å². The molecule has 0 bridgehead atoms. The zero-order valence-corrected chi connectivity index (χ0v) is 16.2. The molecule has 0 radical (unpaired) electrons. The molecule has 0 aromatic heterocycles. The molecule has 2 N–H and O–H groups in total. The Morgan fingerprint density at radius 2 is 1.92 bits per heavy atom. The van der Waals surface area contributed by atoms with Crippen LogP contribution in [0.15, 0.2) is 24.3 Å². The maximum atomic E-state index is 12.8. The van der Waals surface area contributed by atoms with Gasteiger partial charge in [-0.15, -0.1) is 0 Å². The Bertz CT molecular complexity index is 677. The molecule has 2 atom stereocenters. The topological polar surface area (TPSA) is 78.5 Å². The molecule has 1 fully saturated rings. The molecule has 2 rings (SSSR count). The number of carbonyl (C=O) groups is 3. The third kappa shape index (κ3) is 4.55. The van der Waals surface area contributed by atoms with Gasteiger partial charge in [-0.3, -0.25) is 14.5 Å². The van der Waals surface area contributed by atoms with E-state index in [1.807, 2.05) is 6.92 Å². The van der Waals surface area contributed by atoms with Gasteiger partial charge in [0, 0.05) is 11.1 Å². The maximum Gasteiger partial charge on any atom is 0.325 e. The van der Waals surface area contributed by atoms with E-state index in [1.54, 1.807) is 31.2 Å². The Morgan fingerprint density at radius 1 is 1.27 bits per heavy atom. The van der Waals surface area contributed by atoms with E-state index in [-0.39, 0.29) is 18.5 Å². The van der Waals surface area contributed by atoms with Gasteiger partial charge < -0.3 is 10.6 Å². The summed E-state index contributed by atoms with van der Waals surface area (Å²) in [6, 6.07) is 6.16. The van der Waals surface area contributed by atoms with Crippen LogP contribution in [0.4, 0.5) is 4.79 Å². The number of halogens is 1. The summed E-state index contributed by atoms with van der Waals surface area (Å²) in [6.07, 6.45) is 4.15. The summed E-state index contributed by atoms with van der Waals surface area (Å²) in [5.74, 6) is -0.781. The molecular formula is C19H26ClN3O3. The van der Waals surface area contributed by atoms with Gasteiger partial charge in [-0.05, 0) is 38.0 Å². The lowest BCUT2D eigenvalue weighted by Gasteiger charge is -2.22. The van der Waals surface area contributed by atoms with Crippen molar-refractivity contribution in [2.45, 2.75) is 58.0 Å². The molecule has 2 unspecified atom stereocenters. The molecule has 1 aliphatic rings. The second kappa shape index (κ2) is 8.54. The van der Waals surface area contributed by atoms with Crippen LogP contribution in [0.5, 0.6) is 0 Å². The Balaban J connectivity index is 2.00. The maximum absolute atomic E-state index is 12.8. The highest BCUT2D eigenvalue weighted by Crippen LogP contribution is 2.29. The highest BCUT2D eigenvalue weighted by Gasteiger charge is 2.49. The number of carbonyl (C=O) groups excluding carboxylic acids is 3. The smallest absolute Gasteiger partial charge is 0.325 e. The molecule has 6 nitrogen and oxygen atoms in total. The lowest BCUT2D eigenvalue weighted by atomic mass is 9.92. The van der Waals surface area contributed by atoms with Crippen LogP contribution in [-0.2, 0) is 15.1 Å². The average Bonchev–Trinajstić information content (AvgIpc) is 2.80. The number of nitrogens with one attached hydrogen (secondary N) is 2. The summed E-state index contributed by atoms with van der Waals surface area (Å²) < 4.78 is 0. The van der Waals surface area contributed by atoms with E-state index >= 15 is 0 Å². The average molecular weight is 380 g/mol. The number of amides is 4. The molecule has 1 aromatic rings. The molecule has 0 spiro atoms. The number of unbranched alkanes of at least 4 members (excludes halogenated alkanes) is 2. The van der Waals surface area contributed by atoms with E-state index in [4.69, 9.17) is 11.6 Å². The quantitative estimate of drug-likeness (QED) is 0.537. The first kappa shape index (κ1) is 20.2. The Kier molecular flexibility index (Phi) is 6.64. The zero-order chi connectivity index (χ0) is 19.3. The van der Waals surface area contributed by atoms with Gasteiger partial charge in [0.15, 0.2) is 0 Å². The molecule has 1 saturated heterocycles. The molecule has 0 saturated carbocycles. The summed E-state index contributed by atoms with van der Waals surface area (Å²) in [7, 11) is 0. The normalized spacial score (nSPS) is 20.8. The Morgan fingerprint density at radius 3 is 2.54 bits per heavy atom. The van der Waals surface area contributed by atoms with Crippen molar-refractivity contribution in [3.63, 3.8) is 0 Å². The van der Waals surface area contributed by atoms with Crippen LogP contribution in [0.25, 0.3) is 0 Å². The van der Waals surface area contributed by atoms with Crippen molar-refractivity contribution in [2.24, 2.45) is 0 Å². The van der Waals surface area contributed by atoms with Gasteiger partial charge in [-0.25, -0.2) is 4.79 Å². The van der Waals surface area contributed by atoms with Gasteiger partial charge in [0.05, 0.1) is 0 Å². The summed E-state index contributed by atoms with van der Waals surface area (Å²) >= 11 is 5.88. The van der Waals surface area contributed by atoms with Crippen LogP contribution in [0.1, 0.15) is 52.0 Å². The van der Waals surface area contributed by atoms with Crippen molar-refractivity contribution < 1.29 is 14.4 Å². The van der Waals surface area contributed by atoms with E-state index < -0.39 is 17.5 Å². The number of benzene rings is 1. The van der Waals surface area contributed by atoms with Crippen LogP contribution in [-0.4, -0.2) is 35.3 Å². The SMILES string of the molecule is CCCCCC(C)NC(=O)CN1C(=O)NC(C)(c2ccc(Cl)cc2)C1=O. The second-order valence-corrected chi connectivity index (χ2v) is 7.35. The van der Waals surface area contributed by atoms with Crippen molar-refractivity contribution in [1.29, 1.82) is 0 Å². The fourth-order valence-electron chi connectivity index (χ4n) is 3.06. The van der Waals surface area contributed by atoms with Crippen LogP contribution in [0.3, 0.4) is 0 Å². The summed E-state index contributed by atoms with van der Waals surface area (Å²) in [5.41, 5.74) is -0.578. The lowest BCUT2D eigenvalue weighted by Crippen LogP contribution is -2.45. The minimum absolute atomic E-state index is 0.0115. The highest BCUT2D eigenvalue weighted by atomic mass is 35.5. The molecule has 1 aliphatic heterocycles. The molecule has 1 heterocycles. The summed E-state index contributed by atoms with van der Waals surface area (Å²) in [5, 5.41) is 6.08. The van der Waals surface area contributed by atoms with E-state index in [1.165, 1.54) is 0 Å². The number of urea groups is 1. The number of imide groups is 1. The Labute approximate surface area is 159 Å². The third-order valence-corrected chi connectivity index (χ3v) is 4.90. The molecular weight excluding hydrogens is 354 g/mol. The van der Waals surface area contributed by atoms with Crippen molar-refractivity contribution in [1.82, 2.24) is 15.5 Å². The van der Waals surface area contributed by atoms with Crippen molar-refractivity contribution in [2.75, 3.05) is 6.54 Å². The van der Waals surface area contributed by atoms with Crippen molar-refractivity contribution >= 4 is 29.4 Å². The molecule has 142 valence electrons. The van der Waals surface area contributed by atoms with Gasteiger partial charge >= 0.3 is 6.03 Å². The van der Waals surface area contributed by atoms with E-state index in [9.17, 15) is 14.4 Å². The molecule has 1 aromatic carbocycles. The van der Waals surface area contributed by atoms with Crippen LogP contribution in [0, 0.1) is 0 Å². The monoisotopic (exact) mass is 379 g/mol. The lowest BCUT2D eigenvalue weighted by molar-refractivity contribution is -0.135. The molecule has 7 heteroatoms.